The van der Waals surface area contributed by atoms with Crippen LogP contribution in [0.2, 0.25) is 0 Å². The molecule has 3 aromatic carbocycles. The first kappa shape index (κ1) is 20.2. The predicted molar refractivity (Wildman–Crippen MR) is 124 cm³/mol. The molecule has 0 aliphatic carbocycles. The molecule has 0 radical (unpaired) electrons. The van der Waals surface area contributed by atoms with Gasteiger partial charge in [-0.25, -0.2) is 9.66 Å². The Kier molecular flexibility index (Phi) is 5.98. The number of hydrogen-bond acceptors (Lipinski definition) is 5. The summed E-state index contributed by atoms with van der Waals surface area (Å²) in [4.78, 5) is 17.9. The maximum Gasteiger partial charge on any atom is 0.280 e. The fourth-order valence-corrected chi connectivity index (χ4v) is 3.35. The van der Waals surface area contributed by atoms with E-state index in [1.54, 1.807) is 20.3 Å². The molecule has 1 heterocycles. The maximum absolute atomic E-state index is 13.2. The topological polar surface area (TPSA) is 65.4 Å². The number of nitrogens with one attached hydrogen (secondary N) is 1. The van der Waals surface area contributed by atoms with Crippen molar-refractivity contribution < 1.29 is 9.47 Å². The predicted octanol–water partition coefficient (Wildman–Crippen LogP) is 4.34. The summed E-state index contributed by atoms with van der Waals surface area (Å²) < 4.78 is 12.1. The number of benzene rings is 3. The van der Waals surface area contributed by atoms with E-state index in [0.717, 1.165) is 22.6 Å². The summed E-state index contributed by atoms with van der Waals surface area (Å²) >= 11 is 0. The fourth-order valence-electron chi connectivity index (χ4n) is 3.35. The van der Waals surface area contributed by atoms with Gasteiger partial charge >= 0.3 is 0 Å². The van der Waals surface area contributed by atoms with E-state index in [2.05, 4.69) is 5.43 Å². The minimum atomic E-state index is -0.151. The molecular formula is C25H23N3O3. The summed E-state index contributed by atoms with van der Waals surface area (Å²) in [5, 5.41) is 0.556. The van der Waals surface area contributed by atoms with Gasteiger partial charge in [0.25, 0.3) is 5.56 Å². The van der Waals surface area contributed by atoms with Crippen molar-refractivity contribution >= 4 is 17.0 Å². The van der Waals surface area contributed by atoms with Crippen molar-refractivity contribution in [2.75, 3.05) is 26.2 Å². The van der Waals surface area contributed by atoms with Gasteiger partial charge in [0.1, 0.15) is 11.5 Å². The van der Waals surface area contributed by atoms with Crippen LogP contribution in [0.15, 0.2) is 83.7 Å². The first-order valence-electron chi connectivity index (χ1n) is 9.91. The second-order valence-corrected chi connectivity index (χ2v) is 6.83. The van der Waals surface area contributed by atoms with E-state index in [4.69, 9.17) is 14.5 Å². The molecule has 0 saturated heterocycles. The SMILES string of the molecule is COc1ccc(-c2nc3ccccc3c(=O)n2NCC=Cc2ccccc2OC)cc1. The van der Waals surface area contributed by atoms with Crippen LogP contribution in [0.5, 0.6) is 11.5 Å². The van der Waals surface area contributed by atoms with E-state index >= 15 is 0 Å². The number of para-hydroxylation sites is 2. The Hall–Kier alpha value is -4.06. The number of fused-ring (bicyclic) bond motifs is 1. The molecule has 0 bridgehead atoms. The van der Waals surface area contributed by atoms with Crippen LogP contribution in [0.25, 0.3) is 28.4 Å². The summed E-state index contributed by atoms with van der Waals surface area (Å²) in [5.41, 5.74) is 5.47. The molecule has 0 fully saturated rings. The fraction of sp³-hybridized carbons (Fsp3) is 0.120. The van der Waals surface area contributed by atoms with E-state index in [1.165, 1.54) is 4.68 Å². The molecule has 0 saturated carbocycles. The number of hydrogen-bond donors (Lipinski definition) is 1. The van der Waals surface area contributed by atoms with Gasteiger partial charge in [0.05, 0.1) is 25.1 Å². The Morgan fingerprint density at radius 1 is 0.935 bits per heavy atom. The molecule has 0 spiro atoms. The van der Waals surface area contributed by atoms with Crippen molar-refractivity contribution in [3.05, 3.63) is 94.8 Å². The number of rotatable bonds is 7. The van der Waals surface area contributed by atoms with Crippen LogP contribution >= 0.6 is 0 Å². The maximum atomic E-state index is 13.2. The standard InChI is InChI=1S/C25H23N3O3/c1-30-20-15-13-19(14-16-20)24-27-22-11-5-4-10-21(22)25(29)28(24)26-17-7-9-18-8-3-6-12-23(18)31-2/h3-16,26H,17H2,1-2H3. The van der Waals surface area contributed by atoms with Gasteiger partial charge in [-0.05, 0) is 42.5 Å². The minimum absolute atomic E-state index is 0.151. The van der Waals surface area contributed by atoms with E-state index in [1.807, 2.05) is 78.9 Å². The van der Waals surface area contributed by atoms with Gasteiger partial charge in [0, 0.05) is 17.7 Å². The van der Waals surface area contributed by atoms with Crippen molar-refractivity contribution in [2.45, 2.75) is 0 Å². The lowest BCUT2D eigenvalue weighted by Gasteiger charge is -2.15. The zero-order chi connectivity index (χ0) is 21.6. The third kappa shape index (κ3) is 4.28. The quantitative estimate of drug-likeness (QED) is 0.488. The molecule has 0 aliphatic rings. The monoisotopic (exact) mass is 413 g/mol. The molecule has 4 rings (SSSR count). The molecule has 0 aliphatic heterocycles. The smallest absolute Gasteiger partial charge is 0.280 e. The van der Waals surface area contributed by atoms with Crippen molar-refractivity contribution in [1.29, 1.82) is 0 Å². The van der Waals surface area contributed by atoms with E-state index in [0.29, 0.717) is 23.3 Å². The second-order valence-electron chi connectivity index (χ2n) is 6.83. The van der Waals surface area contributed by atoms with E-state index in [9.17, 15) is 4.79 Å². The van der Waals surface area contributed by atoms with Crippen LogP contribution in [0.3, 0.4) is 0 Å². The van der Waals surface area contributed by atoms with Gasteiger partial charge in [-0.1, -0.05) is 42.5 Å². The number of ether oxygens (including phenoxy) is 2. The molecule has 0 atom stereocenters. The molecule has 31 heavy (non-hydrogen) atoms. The molecule has 0 unspecified atom stereocenters. The summed E-state index contributed by atoms with van der Waals surface area (Å²) in [6.07, 6.45) is 3.90. The molecule has 1 N–H and O–H groups in total. The Bertz CT molecular complexity index is 1280. The molecule has 6 nitrogen and oxygen atoms in total. The van der Waals surface area contributed by atoms with Crippen LogP contribution in [0.1, 0.15) is 5.56 Å². The first-order chi connectivity index (χ1) is 15.2. The van der Waals surface area contributed by atoms with Crippen LogP contribution < -0.4 is 20.5 Å². The van der Waals surface area contributed by atoms with Crippen LogP contribution in [-0.2, 0) is 0 Å². The largest absolute Gasteiger partial charge is 0.497 e. The van der Waals surface area contributed by atoms with Gasteiger partial charge in [-0.15, -0.1) is 0 Å². The average molecular weight is 413 g/mol. The lowest BCUT2D eigenvalue weighted by Crippen LogP contribution is -2.31. The first-order valence-corrected chi connectivity index (χ1v) is 9.91. The lowest BCUT2D eigenvalue weighted by molar-refractivity contribution is 0.414. The van der Waals surface area contributed by atoms with Gasteiger partial charge in [-0.3, -0.25) is 4.79 Å². The average Bonchev–Trinajstić information content (AvgIpc) is 2.83. The summed E-state index contributed by atoms with van der Waals surface area (Å²) in [6, 6.07) is 22.6. The van der Waals surface area contributed by atoms with Crippen molar-refractivity contribution in [3.8, 4) is 22.9 Å². The van der Waals surface area contributed by atoms with Gasteiger partial charge in [-0.2, -0.15) is 0 Å². The second kappa shape index (κ2) is 9.17. The van der Waals surface area contributed by atoms with Crippen molar-refractivity contribution in [1.82, 2.24) is 9.66 Å². The highest BCUT2D eigenvalue weighted by atomic mass is 16.5. The number of aromatic nitrogens is 2. The highest BCUT2D eigenvalue weighted by Gasteiger charge is 2.12. The zero-order valence-corrected chi connectivity index (χ0v) is 17.4. The minimum Gasteiger partial charge on any atom is -0.497 e. The van der Waals surface area contributed by atoms with Gasteiger partial charge in [0.15, 0.2) is 5.82 Å². The Morgan fingerprint density at radius 3 is 2.45 bits per heavy atom. The summed E-state index contributed by atoms with van der Waals surface area (Å²) in [6.45, 7) is 0.432. The van der Waals surface area contributed by atoms with Gasteiger partial charge < -0.3 is 14.9 Å². The van der Waals surface area contributed by atoms with E-state index < -0.39 is 0 Å². The molecular weight excluding hydrogens is 390 g/mol. The summed E-state index contributed by atoms with van der Waals surface area (Å²) in [7, 11) is 3.27. The van der Waals surface area contributed by atoms with Crippen LogP contribution in [0.4, 0.5) is 0 Å². The van der Waals surface area contributed by atoms with Crippen LogP contribution in [0, 0.1) is 0 Å². The highest BCUT2D eigenvalue weighted by Crippen LogP contribution is 2.22. The summed E-state index contributed by atoms with van der Waals surface area (Å²) in [5.74, 6) is 2.07. The third-order valence-corrected chi connectivity index (χ3v) is 4.93. The van der Waals surface area contributed by atoms with Crippen molar-refractivity contribution in [3.63, 3.8) is 0 Å². The Labute approximate surface area is 180 Å². The normalized spacial score (nSPS) is 11.0. The number of nitrogens with zero attached hydrogens (tertiary/aromatic N) is 2. The molecule has 156 valence electrons. The molecule has 0 amide bonds. The van der Waals surface area contributed by atoms with E-state index in [-0.39, 0.29) is 5.56 Å². The highest BCUT2D eigenvalue weighted by molar-refractivity contribution is 5.79. The van der Waals surface area contributed by atoms with Gasteiger partial charge in [0.2, 0.25) is 0 Å². The molecule has 6 heteroatoms. The number of methoxy groups -OCH3 is 2. The molecule has 1 aromatic heterocycles. The molecule has 4 aromatic rings. The third-order valence-electron chi connectivity index (χ3n) is 4.93. The van der Waals surface area contributed by atoms with Crippen molar-refractivity contribution in [2.24, 2.45) is 0 Å². The van der Waals surface area contributed by atoms with Crippen LogP contribution in [-0.4, -0.2) is 30.4 Å². The Balaban J connectivity index is 1.69. The Morgan fingerprint density at radius 2 is 1.68 bits per heavy atom. The zero-order valence-electron chi connectivity index (χ0n) is 17.4. The lowest BCUT2D eigenvalue weighted by atomic mass is 10.2.